The summed E-state index contributed by atoms with van der Waals surface area (Å²) in [7, 11) is 0. The second-order valence-corrected chi connectivity index (χ2v) is 3.91. The fourth-order valence-electron chi connectivity index (χ4n) is 1.20. The first-order chi connectivity index (χ1) is 6.62. The summed E-state index contributed by atoms with van der Waals surface area (Å²) in [6.07, 6.45) is -4.48. The lowest BCUT2D eigenvalue weighted by Gasteiger charge is -2.21. The third-order valence-electron chi connectivity index (χ3n) is 1.99. The Labute approximate surface area is 84.9 Å². The number of nitrogens with two attached hydrogens (primary N) is 1. The van der Waals surface area contributed by atoms with Crippen molar-refractivity contribution in [1.82, 2.24) is 0 Å². The highest BCUT2D eigenvalue weighted by Crippen LogP contribution is 2.32. The first-order valence-electron chi connectivity index (χ1n) is 4.28. The zero-order valence-electron chi connectivity index (χ0n) is 8.32. The quantitative estimate of drug-likeness (QED) is 0.725. The molecular formula is C10H11F4N. The van der Waals surface area contributed by atoms with Gasteiger partial charge in [-0.1, -0.05) is 0 Å². The van der Waals surface area contributed by atoms with Crippen molar-refractivity contribution in [3.63, 3.8) is 0 Å². The summed E-state index contributed by atoms with van der Waals surface area (Å²) in [5, 5.41) is 0. The van der Waals surface area contributed by atoms with Crippen LogP contribution in [0.25, 0.3) is 0 Å². The molecule has 1 aromatic carbocycles. The molecule has 5 heteroatoms. The van der Waals surface area contributed by atoms with Crippen molar-refractivity contribution in [3.8, 4) is 0 Å². The Balaban J connectivity index is 3.30. The van der Waals surface area contributed by atoms with Gasteiger partial charge in [-0.05, 0) is 32.0 Å². The van der Waals surface area contributed by atoms with Crippen LogP contribution in [0.15, 0.2) is 18.2 Å². The van der Waals surface area contributed by atoms with Crippen molar-refractivity contribution in [2.75, 3.05) is 0 Å². The maximum atomic E-state index is 13.2. The monoisotopic (exact) mass is 221 g/mol. The lowest BCUT2D eigenvalue weighted by molar-refractivity contribution is -0.137. The van der Waals surface area contributed by atoms with Crippen LogP contribution < -0.4 is 5.73 Å². The van der Waals surface area contributed by atoms with Gasteiger partial charge in [0.25, 0.3) is 0 Å². The highest BCUT2D eigenvalue weighted by atomic mass is 19.4. The van der Waals surface area contributed by atoms with Gasteiger partial charge in [-0.3, -0.25) is 0 Å². The fraction of sp³-hybridized carbons (Fsp3) is 0.400. The lowest BCUT2D eigenvalue weighted by atomic mass is 9.93. The molecule has 0 saturated heterocycles. The maximum Gasteiger partial charge on any atom is 0.416 e. The van der Waals surface area contributed by atoms with Crippen molar-refractivity contribution >= 4 is 0 Å². The first kappa shape index (κ1) is 12.0. The van der Waals surface area contributed by atoms with Gasteiger partial charge in [-0.15, -0.1) is 0 Å². The molecule has 0 atom stereocenters. The van der Waals surface area contributed by atoms with E-state index in [4.69, 9.17) is 5.73 Å². The molecule has 1 nitrogen and oxygen atoms in total. The molecule has 0 fully saturated rings. The smallest absolute Gasteiger partial charge is 0.322 e. The van der Waals surface area contributed by atoms with Gasteiger partial charge in [0.15, 0.2) is 0 Å². The van der Waals surface area contributed by atoms with E-state index in [9.17, 15) is 17.6 Å². The third kappa shape index (κ3) is 2.68. The van der Waals surface area contributed by atoms with Gasteiger partial charge < -0.3 is 5.73 Å². The van der Waals surface area contributed by atoms with Gasteiger partial charge in [0.2, 0.25) is 0 Å². The fourth-order valence-corrected chi connectivity index (χ4v) is 1.20. The van der Waals surface area contributed by atoms with E-state index in [-0.39, 0.29) is 5.56 Å². The Morgan fingerprint density at radius 3 is 2.07 bits per heavy atom. The molecule has 0 aliphatic heterocycles. The molecule has 2 N–H and O–H groups in total. The number of hydrogen-bond acceptors (Lipinski definition) is 1. The van der Waals surface area contributed by atoms with E-state index in [1.165, 1.54) is 13.8 Å². The molecule has 1 rings (SSSR count). The van der Waals surface area contributed by atoms with Crippen molar-refractivity contribution in [2.24, 2.45) is 5.73 Å². The van der Waals surface area contributed by atoms with Crippen LogP contribution in [0.1, 0.15) is 25.0 Å². The summed E-state index contributed by atoms with van der Waals surface area (Å²) in [5.74, 6) is -0.726. The number of halogens is 4. The molecule has 0 spiro atoms. The van der Waals surface area contributed by atoms with Crippen LogP contribution in [-0.2, 0) is 11.7 Å². The second-order valence-electron chi connectivity index (χ2n) is 3.91. The van der Waals surface area contributed by atoms with E-state index >= 15 is 0 Å². The largest absolute Gasteiger partial charge is 0.416 e. The van der Waals surface area contributed by atoms with Crippen molar-refractivity contribution < 1.29 is 17.6 Å². The molecule has 0 bridgehead atoms. The number of alkyl halides is 3. The summed E-state index contributed by atoms with van der Waals surface area (Å²) in [6.45, 7) is 2.90. The summed E-state index contributed by atoms with van der Waals surface area (Å²) < 4.78 is 50.2. The molecule has 15 heavy (non-hydrogen) atoms. The van der Waals surface area contributed by atoms with Gasteiger partial charge in [0.05, 0.1) is 5.56 Å². The van der Waals surface area contributed by atoms with Crippen molar-refractivity contribution in [2.45, 2.75) is 25.6 Å². The highest BCUT2D eigenvalue weighted by molar-refractivity contribution is 5.31. The van der Waals surface area contributed by atoms with Crippen LogP contribution in [-0.4, -0.2) is 0 Å². The van der Waals surface area contributed by atoms with E-state index in [1.807, 2.05) is 0 Å². The Bertz CT molecular complexity index is 363. The standard InChI is InChI=1S/C10H11F4N/c1-9(2,15)7-5-6(10(12,13)14)3-4-8(7)11/h3-5H,15H2,1-2H3. The minimum atomic E-state index is -4.48. The average molecular weight is 221 g/mol. The van der Waals surface area contributed by atoms with Gasteiger partial charge in [-0.2, -0.15) is 13.2 Å². The third-order valence-corrected chi connectivity index (χ3v) is 1.99. The van der Waals surface area contributed by atoms with E-state index in [0.29, 0.717) is 6.07 Å². The molecule has 0 aliphatic rings. The van der Waals surface area contributed by atoms with Crippen LogP contribution in [0.3, 0.4) is 0 Å². The van der Waals surface area contributed by atoms with Gasteiger partial charge in [0, 0.05) is 11.1 Å². The molecule has 0 saturated carbocycles. The SMILES string of the molecule is CC(C)(N)c1cc(C(F)(F)F)ccc1F. The van der Waals surface area contributed by atoms with E-state index in [0.717, 1.165) is 12.1 Å². The summed E-state index contributed by atoms with van der Waals surface area (Å²) in [6, 6.07) is 2.23. The van der Waals surface area contributed by atoms with E-state index in [2.05, 4.69) is 0 Å². The number of rotatable bonds is 1. The van der Waals surface area contributed by atoms with Gasteiger partial charge in [-0.25, -0.2) is 4.39 Å². The molecule has 0 heterocycles. The predicted molar refractivity (Wildman–Crippen MR) is 48.6 cm³/mol. The van der Waals surface area contributed by atoms with Gasteiger partial charge >= 0.3 is 6.18 Å². The van der Waals surface area contributed by atoms with Crippen molar-refractivity contribution in [3.05, 3.63) is 35.1 Å². The molecular weight excluding hydrogens is 210 g/mol. The van der Waals surface area contributed by atoms with Crippen LogP contribution in [0.2, 0.25) is 0 Å². The second kappa shape index (κ2) is 3.48. The summed E-state index contributed by atoms with van der Waals surface area (Å²) in [5.41, 5.74) is 3.40. The summed E-state index contributed by atoms with van der Waals surface area (Å²) in [4.78, 5) is 0. The average Bonchev–Trinajstić information content (AvgIpc) is 2.00. The Morgan fingerprint density at radius 1 is 1.13 bits per heavy atom. The maximum absolute atomic E-state index is 13.2. The molecule has 0 aromatic heterocycles. The van der Waals surface area contributed by atoms with Gasteiger partial charge in [0.1, 0.15) is 5.82 Å². The molecule has 0 radical (unpaired) electrons. The zero-order chi connectivity index (χ0) is 11.9. The minimum Gasteiger partial charge on any atom is -0.322 e. The number of benzene rings is 1. The van der Waals surface area contributed by atoms with Crippen molar-refractivity contribution in [1.29, 1.82) is 0 Å². The van der Waals surface area contributed by atoms with Crippen LogP contribution in [0, 0.1) is 5.82 Å². The molecule has 0 amide bonds. The molecule has 0 aliphatic carbocycles. The van der Waals surface area contributed by atoms with Crippen LogP contribution >= 0.6 is 0 Å². The molecule has 1 aromatic rings. The summed E-state index contributed by atoms with van der Waals surface area (Å²) >= 11 is 0. The Morgan fingerprint density at radius 2 is 1.67 bits per heavy atom. The predicted octanol–water partition coefficient (Wildman–Crippen LogP) is 3.04. The Kier molecular flexibility index (Phi) is 2.78. The molecule has 84 valence electrons. The highest BCUT2D eigenvalue weighted by Gasteiger charge is 2.32. The minimum absolute atomic E-state index is 0.141. The topological polar surface area (TPSA) is 26.0 Å². The lowest BCUT2D eigenvalue weighted by Crippen LogP contribution is -2.30. The van der Waals surface area contributed by atoms with E-state index < -0.39 is 23.1 Å². The molecule has 0 unspecified atom stereocenters. The Hall–Kier alpha value is -1.10. The number of hydrogen-bond donors (Lipinski definition) is 1. The van der Waals surface area contributed by atoms with Crippen LogP contribution in [0.5, 0.6) is 0 Å². The normalized spacial score (nSPS) is 13.0. The zero-order valence-corrected chi connectivity index (χ0v) is 8.32. The first-order valence-corrected chi connectivity index (χ1v) is 4.28. The van der Waals surface area contributed by atoms with E-state index in [1.54, 1.807) is 0 Å². The van der Waals surface area contributed by atoms with Crippen LogP contribution in [0.4, 0.5) is 17.6 Å².